The van der Waals surface area contributed by atoms with Crippen molar-refractivity contribution in [2.45, 2.75) is 5.33 Å². The van der Waals surface area contributed by atoms with Crippen molar-refractivity contribution >= 4 is 31.9 Å². The first-order valence-corrected chi connectivity index (χ1v) is 4.79. The highest BCUT2D eigenvalue weighted by molar-refractivity contribution is 9.10. The van der Waals surface area contributed by atoms with Crippen molar-refractivity contribution in [2.75, 3.05) is 0 Å². The highest BCUT2D eigenvalue weighted by Gasteiger charge is 2.05. The molecular formula is C7H5Br2FO. The van der Waals surface area contributed by atoms with Crippen molar-refractivity contribution in [3.05, 3.63) is 28.0 Å². The second-order valence-corrected chi connectivity index (χ2v) is 3.44. The number of aromatic hydroxyl groups is 1. The van der Waals surface area contributed by atoms with Gasteiger partial charge in [-0.1, -0.05) is 15.9 Å². The predicted octanol–water partition coefficient (Wildman–Crippen LogP) is 3.19. The van der Waals surface area contributed by atoms with Gasteiger partial charge >= 0.3 is 0 Å². The number of benzene rings is 1. The van der Waals surface area contributed by atoms with Gasteiger partial charge in [0.05, 0.1) is 4.47 Å². The molecule has 0 saturated heterocycles. The quantitative estimate of drug-likeness (QED) is 0.785. The van der Waals surface area contributed by atoms with E-state index in [1.54, 1.807) is 0 Å². The lowest BCUT2D eigenvalue weighted by atomic mass is 10.2. The van der Waals surface area contributed by atoms with Crippen LogP contribution in [0.3, 0.4) is 0 Å². The predicted molar refractivity (Wildman–Crippen MR) is 48.4 cm³/mol. The molecule has 0 saturated carbocycles. The zero-order valence-electron chi connectivity index (χ0n) is 5.44. The molecule has 0 bridgehead atoms. The van der Waals surface area contributed by atoms with E-state index in [0.717, 1.165) is 0 Å². The minimum Gasteiger partial charge on any atom is -0.507 e. The van der Waals surface area contributed by atoms with Gasteiger partial charge in [-0.25, -0.2) is 4.39 Å². The number of rotatable bonds is 1. The maximum Gasteiger partial charge on any atom is 0.130 e. The normalized spacial score (nSPS) is 10.1. The van der Waals surface area contributed by atoms with E-state index in [9.17, 15) is 4.39 Å². The van der Waals surface area contributed by atoms with E-state index in [-0.39, 0.29) is 11.6 Å². The summed E-state index contributed by atoms with van der Waals surface area (Å²) < 4.78 is 13.2. The second kappa shape index (κ2) is 3.54. The van der Waals surface area contributed by atoms with E-state index in [4.69, 9.17) is 5.11 Å². The Morgan fingerprint density at radius 2 is 2.09 bits per heavy atom. The van der Waals surface area contributed by atoms with Crippen LogP contribution in [0.4, 0.5) is 4.39 Å². The Morgan fingerprint density at radius 1 is 1.45 bits per heavy atom. The van der Waals surface area contributed by atoms with Crippen LogP contribution in [-0.2, 0) is 5.33 Å². The fourth-order valence-corrected chi connectivity index (χ4v) is 1.43. The third kappa shape index (κ3) is 1.93. The molecule has 1 N–H and O–H groups in total. The SMILES string of the molecule is Oc1cc(CBr)c(F)cc1Br. The maximum atomic E-state index is 12.9. The average molecular weight is 284 g/mol. The number of phenols is 1. The number of hydrogen-bond acceptors (Lipinski definition) is 1. The summed E-state index contributed by atoms with van der Waals surface area (Å²) in [6.45, 7) is 0. The Morgan fingerprint density at radius 3 is 2.64 bits per heavy atom. The van der Waals surface area contributed by atoms with E-state index in [0.29, 0.717) is 15.4 Å². The lowest BCUT2D eigenvalue weighted by molar-refractivity contribution is 0.468. The number of halogens is 3. The van der Waals surface area contributed by atoms with Crippen LogP contribution >= 0.6 is 31.9 Å². The Balaban J connectivity index is 3.21. The van der Waals surface area contributed by atoms with Gasteiger partial charge in [0.15, 0.2) is 0 Å². The van der Waals surface area contributed by atoms with Crippen LogP contribution in [0.15, 0.2) is 16.6 Å². The van der Waals surface area contributed by atoms with Crippen LogP contribution in [0.5, 0.6) is 5.75 Å². The molecule has 0 aliphatic heterocycles. The summed E-state index contributed by atoms with van der Waals surface area (Å²) >= 11 is 6.10. The molecule has 0 spiro atoms. The van der Waals surface area contributed by atoms with Crippen LogP contribution in [0.25, 0.3) is 0 Å². The standard InChI is InChI=1S/C7H5Br2FO/c8-3-4-1-7(11)5(9)2-6(4)10/h1-2,11H,3H2. The van der Waals surface area contributed by atoms with Crippen LogP contribution in [-0.4, -0.2) is 5.11 Å². The molecule has 60 valence electrons. The molecule has 11 heavy (non-hydrogen) atoms. The van der Waals surface area contributed by atoms with E-state index < -0.39 is 0 Å². The summed E-state index contributed by atoms with van der Waals surface area (Å²) in [6, 6.07) is 2.63. The fraction of sp³-hybridized carbons (Fsp3) is 0.143. The minimum absolute atomic E-state index is 0.0563. The van der Waals surface area contributed by atoms with Crippen molar-refractivity contribution in [3.8, 4) is 5.75 Å². The lowest BCUT2D eigenvalue weighted by Gasteiger charge is -2.01. The number of phenolic OH excluding ortho intramolecular Hbond substituents is 1. The van der Waals surface area contributed by atoms with E-state index in [2.05, 4.69) is 31.9 Å². The first-order valence-electron chi connectivity index (χ1n) is 2.88. The molecule has 0 heterocycles. The van der Waals surface area contributed by atoms with Gasteiger partial charge in [-0.3, -0.25) is 0 Å². The van der Waals surface area contributed by atoms with Gasteiger partial charge in [-0.05, 0) is 28.1 Å². The zero-order chi connectivity index (χ0) is 8.43. The van der Waals surface area contributed by atoms with Gasteiger partial charge in [0.2, 0.25) is 0 Å². The minimum atomic E-state index is -0.327. The molecule has 0 aromatic heterocycles. The molecule has 0 aliphatic rings. The van der Waals surface area contributed by atoms with Gasteiger partial charge in [0.1, 0.15) is 11.6 Å². The fourth-order valence-electron chi connectivity index (χ4n) is 0.683. The van der Waals surface area contributed by atoms with E-state index in [1.165, 1.54) is 12.1 Å². The largest absolute Gasteiger partial charge is 0.507 e. The summed E-state index contributed by atoms with van der Waals surface area (Å²) in [5.41, 5.74) is 0.450. The van der Waals surface area contributed by atoms with Crippen LogP contribution < -0.4 is 0 Å². The topological polar surface area (TPSA) is 20.2 Å². The molecule has 0 aliphatic carbocycles. The summed E-state index contributed by atoms with van der Waals surface area (Å²) in [6.07, 6.45) is 0. The van der Waals surface area contributed by atoms with Crippen LogP contribution in [0, 0.1) is 5.82 Å². The smallest absolute Gasteiger partial charge is 0.130 e. The van der Waals surface area contributed by atoms with Gasteiger partial charge in [0, 0.05) is 10.9 Å². The van der Waals surface area contributed by atoms with Gasteiger partial charge in [0.25, 0.3) is 0 Å². The molecule has 0 fully saturated rings. The first kappa shape index (κ1) is 9.00. The molecule has 0 unspecified atom stereocenters. The molecular weight excluding hydrogens is 279 g/mol. The molecule has 1 rings (SSSR count). The molecule has 0 amide bonds. The van der Waals surface area contributed by atoms with E-state index in [1.807, 2.05) is 0 Å². The lowest BCUT2D eigenvalue weighted by Crippen LogP contribution is -1.85. The second-order valence-electron chi connectivity index (χ2n) is 2.03. The maximum absolute atomic E-state index is 12.9. The van der Waals surface area contributed by atoms with Crippen molar-refractivity contribution in [2.24, 2.45) is 0 Å². The number of alkyl halides is 1. The zero-order valence-corrected chi connectivity index (χ0v) is 8.61. The van der Waals surface area contributed by atoms with Crippen molar-refractivity contribution in [3.63, 3.8) is 0 Å². The highest BCUT2D eigenvalue weighted by Crippen LogP contribution is 2.27. The molecule has 4 heteroatoms. The Hall–Kier alpha value is -0.0900. The average Bonchev–Trinajstić information content (AvgIpc) is 1.97. The van der Waals surface area contributed by atoms with E-state index >= 15 is 0 Å². The monoisotopic (exact) mass is 282 g/mol. The molecule has 1 aromatic carbocycles. The number of hydrogen-bond donors (Lipinski definition) is 1. The summed E-state index contributed by atoms with van der Waals surface area (Å²) in [7, 11) is 0. The highest BCUT2D eigenvalue weighted by atomic mass is 79.9. The molecule has 1 aromatic rings. The van der Waals surface area contributed by atoms with Gasteiger partial charge < -0.3 is 5.11 Å². The Kier molecular flexibility index (Phi) is 2.90. The third-order valence-electron chi connectivity index (χ3n) is 1.26. The summed E-state index contributed by atoms with van der Waals surface area (Å²) in [5.74, 6) is -0.271. The third-order valence-corrected chi connectivity index (χ3v) is 2.50. The van der Waals surface area contributed by atoms with Gasteiger partial charge in [-0.2, -0.15) is 0 Å². The van der Waals surface area contributed by atoms with Crippen LogP contribution in [0.2, 0.25) is 0 Å². The van der Waals surface area contributed by atoms with Crippen molar-refractivity contribution in [1.82, 2.24) is 0 Å². The molecule has 0 radical (unpaired) electrons. The molecule has 1 nitrogen and oxygen atoms in total. The van der Waals surface area contributed by atoms with Crippen molar-refractivity contribution in [1.29, 1.82) is 0 Å². The Labute approximate surface area is 80.5 Å². The summed E-state index contributed by atoms with van der Waals surface area (Å²) in [4.78, 5) is 0. The first-order chi connectivity index (χ1) is 5.15. The summed E-state index contributed by atoms with van der Waals surface area (Å²) in [5, 5.41) is 9.52. The van der Waals surface area contributed by atoms with Gasteiger partial charge in [-0.15, -0.1) is 0 Å². The Bertz CT molecular complexity index is 275. The van der Waals surface area contributed by atoms with Crippen LogP contribution in [0.1, 0.15) is 5.56 Å². The van der Waals surface area contributed by atoms with Crippen molar-refractivity contribution < 1.29 is 9.50 Å². The molecule has 0 atom stereocenters.